The van der Waals surface area contributed by atoms with Crippen LogP contribution in [0.15, 0.2) is 17.6 Å². The van der Waals surface area contributed by atoms with Crippen molar-refractivity contribution in [3.05, 3.63) is 35.8 Å². The summed E-state index contributed by atoms with van der Waals surface area (Å²) in [6, 6.07) is 0. The maximum Gasteiger partial charge on any atom is 0.303 e. The first-order chi connectivity index (χ1) is 11.0. The third-order valence-corrected chi connectivity index (χ3v) is 4.33. The molecule has 3 nitrogen and oxygen atoms in total. The van der Waals surface area contributed by atoms with Crippen molar-refractivity contribution in [3.63, 3.8) is 0 Å². The number of hydrogen-bond donors (Lipinski definition) is 1. The highest BCUT2D eigenvalue weighted by Crippen LogP contribution is 2.22. The van der Waals surface area contributed by atoms with Gasteiger partial charge in [-0.1, -0.05) is 38.5 Å². The molecule has 0 atom stereocenters. The molecule has 23 heavy (non-hydrogen) atoms. The topological polar surface area (TPSA) is 50.4 Å². The predicted molar refractivity (Wildman–Crippen MR) is 97.1 cm³/mol. The third-order valence-electron chi connectivity index (χ3n) is 4.33. The van der Waals surface area contributed by atoms with E-state index in [-0.39, 0.29) is 0 Å². The number of carboxylic acids is 1. The highest BCUT2D eigenvalue weighted by molar-refractivity contribution is 5.66. The van der Waals surface area contributed by atoms with Gasteiger partial charge in [0.05, 0.1) is 0 Å². The zero-order chi connectivity index (χ0) is 17.7. The number of carboxylic acid groups (broad SMARTS) is 1. The molecule has 1 N–H and O–H groups in total. The lowest BCUT2D eigenvalue weighted by atomic mass is 10.0. The first-order valence-corrected chi connectivity index (χ1v) is 8.79. The summed E-state index contributed by atoms with van der Waals surface area (Å²) in [6.45, 7) is 12.3. The van der Waals surface area contributed by atoms with Crippen molar-refractivity contribution in [3.8, 4) is 0 Å². The summed E-state index contributed by atoms with van der Waals surface area (Å²) in [5.74, 6) is 1.55. The van der Waals surface area contributed by atoms with Gasteiger partial charge in [0.1, 0.15) is 11.5 Å². The highest BCUT2D eigenvalue weighted by atomic mass is 16.4. The molecule has 0 amide bonds. The van der Waals surface area contributed by atoms with Crippen molar-refractivity contribution in [2.24, 2.45) is 0 Å². The second-order valence-corrected chi connectivity index (χ2v) is 6.05. The van der Waals surface area contributed by atoms with Crippen LogP contribution in [0.4, 0.5) is 0 Å². The minimum absolute atomic E-state index is 0.321. The molecule has 0 spiro atoms. The van der Waals surface area contributed by atoms with E-state index in [1.165, 1.54) is 55.4 Å². The standard InChI is InChI=1S/C18H30O3.C2H4/c1-14-15(2)17(21-16(14)3)12-10-8-6-4-5-7-9-11-13-18(19)20;1-2/h4-13H2,1-3H3,(H,19,20);1-2H2. The minimum Gasteiger partial charge on any atom is -0.481 e. The quantitative estimate of drug-likeness (QED) is 0.393. The lowest BCUT2D eigenvalue weighted by Crippen LogP contribution is -1.93. The fourth-order valence-electron chi connectivity index (χ4n) is 2.67. The van der Waals surface area contributed by atoms with Gasteiger partial charge in [0.2, 0.25) is 0 Å². The van der Waals surface area contributed by atoms with Crippen LogP contribution < -0.4 is 0 Å². The van der Waals surface area contributed by atoms with E-state index in [2.05, 4.69) is 27.0 Å². The lowest BCUT2D eigenvalue weighted by Gasteiger charge is -2.02. The summed E-state index contributed by atoms with van der Waals surface area (Å²) < 4.78 is 5.79. The molecule has 0 aliphatic rings. The van der Waals surface area contributed by atoms with Gasteiger partial charge in [-0.3, -0.25) is 4.79 Å². The maximum atomic E-state index is 10.4. The molecule has 1 aromatic heterocycles. The van der Waals surface area contributed by atoms with E-state index in [0.29, 0.717) is 6.42 Å². The van der Waals surface area contributed by atoms with E-state index >= 15 is 0 Å². The Morgan fingerprint density at radius 3 is 1.78 bits per heavy atom. The molecule has 0 bridgehead atoms. The maximum absolute atomic E-state index is 10.4. The summed E-state index contributed by atoms with van der Waals surface area (Å²) in [6.07, 6.45) is 10.7. The van der Waals surface area contributed by atoms with Gasteiger partial charge < -0.3 is 9.52 Å². The fraction of sp³-hybridized carbons (Fsp3) is 0.650. The van der Waals surface area contributed by atoms with E-state index in [4.69, 9.17) is 9.52 Å². The molecule has 1 aromatic rings. The second kappa shape index (κ2) is 13.0. The second-order valence-electron chi connectivity index (χ2n) is 6.05. The first kappa shape index (κ1) is 21.5. The Labute approximate surface area is 141 Å². The van der Waals surface area contributed by atoms with Crippen LogP contribution >= 0.6 is 0 Å². The summed E-state index contributed by atoms with van der Waals surface area (Å²) in [4.78, 5) is 10.4. The van der Waals surface area contributed by atoms with E-state index in [0.717, 1.165) is 25.0 Å². The Morgan fingerprint density at radius 2 is 1.35 bits per heavy atom. The van der Waals surface area contributed by atoms with Crippen LogP contribution in [-0.2, 0) is 11.2 Å². The van der Waals surface area contributed by atoms with Crippen LogP contribution in [0.25, 0.3) is 0 Å². The Bertz CT molecular complexity index is 446. The molecule has 1 heterocycles. The minimum atomic E-state index is -0.673. The molecule has 0 unspecified atom stereocenters. The zero-order valence-corrected chi connectivity index (χ0v) is 15.2. The third kappa shape index (κ3) is 9.27. The number of aliphatic carboxylic acids is 1. The fourth-order valence-corrected chi connectivity index (χ4v) is 2.67. The normalized spacial score (nSPS) is 10.2. The molecule has 0 aliphatic heterocycles. The van der Waals surface area contributed by atoms with Gasteiger partial charge in [-0.25, -0.2) is 0 Å². The van der Waals surface area contributed by atoms with Gasteiger partial charge in [-0.05, 0) is 44.7 Å². The van der Waals surface area contributed by atoms with Crippen LogP contribution in [0.5, 0.6) is 0 Å². The molecule has 3 heteroatoms. The van der Waals surface area contributed by atoms with Crippen molar-refractivity contribution in [2.75, 3.05) is 0 Å². The van der Waals surface area contributed by atoms with E-state index in [1.807, 2.05) is 6.92 Å². The molecular weight excluding hydrogens is 288 g/mol. The summed E-state index contributed by atoms with van der Waals surface area (Å²) in [7, 11) is 0. The van der Waals surface area contributed by atoms with Gasteiger partial charge in [-0.2, -0.15) is 0 Å². The Hall–Kier alpha value is -1.51. The van der Waals surface area contributed by atoms with Crippen molar-refractivity contribution in [2.45, 2.75) is 85.0 Å². The number of hydrogen-bond acceptors (Lipinski definition) is 2. The van der Waals surface area contributed by atoms with Gasteiger partial charge in [-0.15, -0.1) is 13.2 Å². The van der Waals surface area contributed by atoms with Gasteiger partial charge >= 0.3 is 5.97 Å². The molecule has 0 saturated heterocycles. The Morgan fingerprint density at radius 1 is 0.870 bits per heavy atom. The monoisotopic (exact) mass is 322 g/mol. The molecule has 132 valence electrons. The van der Waals surface area contributed by atoms with Crippen LogP contribution in [-0.4, -0.2) is 11.1 Å². The number of carbonyl (C=O) groups is 1. The average molecular weight is 322 g/mol. The molecule has 1 rings (SSSR count). The Kier molecular flexibility index (Phi) is 12.1. The summed E-state index contributed by atoms with van der Waals surface area (Å²) in [5, 5.41) is 8.54. The van der Waals surface area contributed by atoms with Crippen molar-refractivity contribution in [1.82, 2.24) is 0 Å². The van der Waals surface area contributed by atoms with Crippen LogP contribution in [0, 0.1) is 20.8 Å². The highest BCUT2D eigenvalue weighted by Gasteiger charge is 2.09. The SMILES string of the molecule is C=C.Cc1oc(CCCCCCCCCCC(=O)O)c(C)c1C. The molecule has 0 fully saturated rings. The first-order valence-electron chi connectivity index (χ1n) is 8.79. The van der Waals surface area contributed by atoms with Crippen LogP contribution in [0.2, 0.25) is 0 Å². The summed E-state index contributed by atoms with van der Waals surface area (Å²) in [5.41, 5.74) is 2.62. The number of rotatable bonds is 11. The van der Waals surface area contributed by atoms with Gasteiger partial charge in [0.15, 0.2) is 0 Å². The molecule has 0 aromatic carbocycles. The Balaban J connectivity index is 0.00000232. The van der Waals surface area contributed by atoms with E-state index < -0.39 is 5.97 Å². The number of furan rings is 1. The lowest BCUT2D eigenvalue weighted by molar-refractivity contribution is -0.137. The van der Waals surface area contributed by atoms with Crippen molar-refractivity contribution < 1.29 is 14.3 Å². The van der Waals surface area contributed by atoms with Crippen LogP contribution in [0.1, 0.15) is 80.4 Å². The zero-order valence-electron chi connectivity index (χ0n) is 15.2. The van der Waals surface area contributed by atoms with E-state index in [1.54, 1.807) is 0 Å². The average Bonchev–Trinajstić information content (AvgIpc) is 2.78. The molecular formula is C20H34O3. The molecule has 0 saturated carbocycles. The van der Waals surface area contributed by atoms with Crippen molar-refractivity contribution in [1.29, 1.82) is 0 Å². The number of aryl methyl sites for hydroxylation is 2. The molecule has 0 aliphatic carbocycles. The smallest absolute Gasteiger partial charge is 0.303 e. The van der Waals surface area contributed by atoms with Crippen molar-refractivity contribution >= 4 is 5.97 Å². The van der Waals surface area contributed by atoms with Gasteiger partial charge in [0.25, 0.3) is 0 Å². The molecule has 0 radical (unpaired) electrons. The predicted octanol–water partition coefficient (Wildman–Crippen LogP) is 6.15. The van der Waals surface area contributed by atoms with E-state index in [9.17, 15) is 4.79 Å². The summed E-state index contributed by atoms with van der Waals surface area (Å²) >= 11 is 0. The number of unbranched alkanes of at least 4 members (excludes halogenated alkanes) is 7. The van der Waals surface area contributed by atoms with Gasteiger partial charge in [0, 0.05) is 12.8 Å². The van der Waals surface area contributed by atoms with Crippen LogP contribution in [0.3, 0.4) is 0 Å². The largest absolute Gasteiger partial charge is 0.481 e.